The number of hydrogen-bond donors (Lipinski definition) is 15. The molecule has 28 heteroatoms. The summed E-state index contributed by atoms with van der Waals surface area (Å²) >= 11 is 0. The molecule has 8 atom stereocenters. The minimum Gasteiger partial charge on any atom is -0.481 e. The molecule has 0 aliphatic carbocycles. The minimum atomic E-state index is -1.56. The number of carboxylic acids is 3. The summed E-state index contributed by atoms with van der Waals surface area (Å²) in [7, 11) is 0. The highest BCUT2D eigenvalue weighted by atomic mass is 16.4. The Morgan fingerprint density at radius 1 is 0.620 bits per heavy atom. The molecule has 0 bridgehead atoms. The van der Waals surface area contributed by atoms with E-state index in [1.165, 1.54) is 11.8 Å². The summed E-state index contributed by atoms with van der Waals surface area (Å²) in [5.41, 5.74) is 27.9. The number of carbonyl (C=O) groups is 11. The van der Waals surface area contributed by atoms with Crippen LogP contribution in [0.5, 0.6) is 0 Å². The van der Waals surface area contributed by atoms with E-state index in [1.807, 2.05) is 0 Å². The zero-order valence-corrected chi connectivity index (χ0v) is 40.7. The number of hydrogen-bond acceptors (Lipinski definition) is 15. The third-order valence-corrected chi connectivity index (χ3v) is 11.3. The lowest BCUT2D eigenvalue weighted by Gasteiger charge is -2.31. The molecule has 1 rings (SSSR count). The van der Waals surface area contributed by atoms with Gasteiger partial charge in [-0.05, 0) is 103 Å². The zero-order chi connectivity index (χ0) is 53.8. The van der Waals surface area contributed by atoms with Crippen molar-refractivity contribution >= 4 is 71.1 Å². The molecule has 20 N–H and O–H groups in total. The molecule has 402 valence electrons. The third kappa shape index (κ3) is 24.1. The monoisotopic (exact) mass is 1010 g/mol. The van der Waals surface area contributed by atoms with Crippen molar-refractivity contribution < 1.29 is 68.1 Å². The van der Waals surface area contributed by atoms with Gasteiger partial charge in [-0.1, -0.05) is 13.8 Å². The van der Waals surface area contributed by atoms with Crippen LogP contribution >= 0.6 is 0 Å². The number of aliphatic imine (C=N–C) groups is 1. The van der Waals surface area contributed by atoms with Crippen molar-refractivity contribution in [2.45, 2.75) is 159 Å². The average Bonchev–Trinajstić information content (AvgIpc) is 3.80. The van der Waals surface area contributed by atoms with Crippen LogP contribution in [-0.2, 0) is 52.7 Å². The molecule has 0 aromatic rings. The number of guanidine groups is 1. The van der Waals surface area contributed by atoms with Crippen LogP contribution in [0.3, 0.4) is 0 Å². The van der Waals surface area contributed by atoms with Crippen LogP contribution in [0.15, 0.2) is 4.99 Å². The first kappa shape index (κ1) is 62.3. The summed E-state index contributed by atoms with van der Waals surface area (Å²) in [5.74, 6) is -11.1. The van der Waals surface area contributed by atoms with E-state index in [9.17, 15) is 63.0 Å². The summed E-state index contributed by atoms with van der Waals surface area (Å²) in [4.78, 5) is 147. The third-order valence-electron chi connectivity index (χ3n) is 11.3. The minimum absolute atomic E-state index is 0.0338. The number of rotatable bonds is 35. The van der Waals surface area contributed by atoms with E-state index in [0.717, 1.165) is 0 Å². The second-order valence-electron chi connectivity index (χ2n) is 17.5. The molecular weight excluding hydrogens is 937 g/mol. The summed E-state index contributed by atoms with van der Waals surface area (Å²) in [5, 5.41) is 45.1. The zero-order valence-electron chi connectivity index (χ0n) is 40.7. The van der Waals surface area contributed by atoms with E-state index in [2.05, 4.69) is 42.2 Å². The lowest BCUT2D eigenvalue weighted by Crippen LogP contribution is -2.60. The van der Waals surface area contributed by atoms with E-state index in [0.29, 0.717) is 32.2 Å². The van der Waals surface area contributed by atoms with Gasteiger partial charge in [0, 0.05) is 25.9 Å². The first-order valence-corrected chi connectivity index (χ1v) is 23.7. The molecule has 8 amide bonds. The van der Waals surface area contributed by atoms with Gasteiger partial charge in [0.2, 0.25) is 47.3 Å². The van der Waals surface area contributed by atoms with Crippen molar-refractivity contribution in [3.8, 4) is 0 Å². The lowest BCUT2D eigenvalue weighted by atomic mass is 10.0. The molecule has 1 aliphatic heterocycles. The van der Waals surface area contributed by atoms with Gasteiger partial charge in [0.15, 0.2) is 5.96 Å². The molecule has 1 heterocycles. The highest BCUT2D eigenvalue weighted by molar-refractivity contribution is 5.98. The van der Waals surface area contributed by atoms with Crippen molar-refractivity contribution in [2.24, 2.45) is 39.6 Å². The van der Waals surface area contributed by atoms with Gasteiger partial charge in [0.1, 0.15) is 42.3 Å². The largest absolute Gasteiger partial charge is 0.481 e. The fourth-order valence-corrected chi connectivity index (χ4v) is 7.26. The summed E-state index contributed by atoms with van der Waals surface area (Å²) < 4.78 is 0. The topological polar surface area (TPSA) is 478 Å². The number of amides is 8. The normalized spacial score (nSPS) is 16.1. The first-order valence-electron chi connectivity index (χ1n) is 23.7. The van der Waals surface area contributed by atoms with Gasteiger partial charge in [-0.2, -0.15) is 0 Å². The van der Waals surface area contributed by atoms with Crippen LogP contribution in [0.4, 0.5) is 0 Å². The van der Waals surface area contributed by atoms with E-state index in [4.69, 9.17) is 33.8 Å². The van der Waals surface area contributed by atoms with Gasteiger partial charge in [0.25, 0.3) is 0 Å². The van der Waals surface area contributed by atoms with Gasteiger partial charge in [-0.25, -0.2) is 4.79 Å². The summed E-state index contributed by atoms with van der Waals surface area (Å²) in [6, 6.07) is -10.4. The van der Waals surface area contributed by atoms with Crippen molar-refractivity contribution in [2.75, 3.05) is 32.7 Å². The van der Waals surface area contributed by atoms with Crippen LogP contribution < -0.4 is 65.9 Å². The number of carboxylic acid groups (broad SMARTS) is 3. The van der Waals surface area contributed by atoms with E-state index in [-0.39, 0.29) is 70.5 Å². The van der Waals surface area contributed by atoms with E-state index < -0.39 is 145 Å². The molecular formula is C43H76N14O14. The van der Waals surface area contributed by atoms with Gasteiger partial charge in [0.05, 0.1) is 12.6 Å². The van der Waals surface area contributed by atoms with Crippen molar-refractivity contribution in [3.63, 3.8) is 0 Å². The fraction of sp³-hybridized carbons (Fsp3) is 0.721. The number of unbranched alkanes of at least 4 members (excludes halogenated alkanes) is 2. The molecule has 1 aliphatic rings. The predicted octanol–water partition coefficient (Wildman–Crippen LogP) is -4.87. The van der Waals surface area contributed by atoms with Crippen LogP contribution in [-0.4, -0.2) is 172 Å². The second-order valence-corrected chi connectivity index (χ2v) is 17.5. The smallest absolute Gasteiger partial charge is 0.326 e. The maximum absolute atomic E-state index is 14.4. The Morgan fingerprint density at radius 2 is 1.15 bits per heavy atom. The standard InChI is InChI=1S/C43H76N14O14/c1-23(2)34(40(68)50-22-31(58)52-29(42(70)71)11-5-7-19-45)56-39(67)30-13-9-21-57(30)41(69)28(12-8-20-49-43(47)48)55-37(65)26(10-4-6-18-44)54-38(66)27(15-17-33(61)62)53-35(63)24(3)51-36(64)25(46)14-16-32(59)60/h23-30,34H,4-22,44-46H2,1-3H3,(H,50,68)(H,51,64)(H,52,58)(H,53,63)(H,54,66)(H,55,65)(H,56,67)(H,59,60)(H,61,62)(H,70,71)(H4,47,48,49)/t24-,25-,26-,27-,28-,29-,30-,34-/m0/s1. The van der Waals surface area contributed by atoms with E-state index >= 15 is 0 Å². The number of nitrogens with one attached hydrogen (secondary N) is 7. The molecule has 0 aromatic carbocycles. The van der Waals surface area contributed by atoms with Crippen LogP contribution in [0.2, 0.25) is 0 Å². The molecule has 28 nitrogen and oxygen atoms in total. The first-order chi connectivity index (χ1) is 33.4. The van der Waals surface area contributed by atoms with Crippen molar-refractivity contribution in [1.82, 2.24) is 42.1 Å². The number of nitrogens with two attached hydrogens (primary N) is 5. The Morgan fingerprint density at radius 3 is 1.70 bits per heavy atom. The number of likely N-dealkylation sites (tertiary alicyclic amines) is 1. The molecule has 71 heavy (non-hydrogen) atoms. The number of aliphatic carboxylic acids is 3. The molecule has 0 unspecified atom stereocenters. The van der Waals surface area contributed by atoms with Crippen molar-refractivity contribution in [1.29, 1.82) is 0 Å². The van der Waals surface area contributed by atoms with Gasteiger partial charge >= 0.3 is 17.9 Å². The molecule has 1 saturated heterocycles. The van der Waals surface area contributed by atoms with Crippen LogP contribution in [0.25, 0.3) is 0 Å². The Labute approximate surface area is 411 Å². The quantitative estimate of drug-likeness (QED) is 0.0161. The Bertz CT molecular complexity index is 1870. The highest BCUT2D eigenvalue weighted by Gasteiger charge is 2.40. The SMILES string of the molecule is CC(C)[C@H](NC(=O)[C@@H]1CCCN1C(=O)[C@H](CCCN=C(N)N)NC(=O)[C@H](CCCCN)NC(=O)[C@H](CCC(=O)O)NC(=O)[C@H](C)NC(=O)[C@@H](N)CCC(=O)O)C(=O)NCC(=O)N[C@@H](CCCCN)C(=O)O. The van der Waals surface area contributed by atoms with Gasteiger partial charge in [-0.3, -0.25) is 52.9 Å². The molecule has 0 aromatic heterocycles. The van der Waals surface area contributed by atoms with Crippen molar-refractivity contribution in [3.05, 3.63) is 0 Å². The second kappa shape index (κ2) is 33.0. The Kier molecular flexibility index (Phi) is 29.0. The average molecular weight is 1010 g/mol. The fourth-order valence-electron chi connectivity index (χ4n) is 7.26. The number of carbonyl (C=O) groups excluding carboxylic acids is 8. The summed E-state index contributed by atoms with van der Waals surface area (Å²) in [6.07, 6.45) is 0.683. The van der Waals surface area contributed by atoms with E-state index in [1.54, 1.807) is 13.8 Å². The van der Waals surface area contributed by atoms with Gasteiger partial charge < -0.3 is 86.1 Å². The Balaban J connectivity index is 3.34. The molecule has 0 saturated carbocycles. The summed E-state index contributed by atoms with van der Waals surface area (Å²) in [6.45, 7) is 4.60. The predicted molar refractivity (Wildman–Crippen MR) is 255 cm³/mol. The lowest BCUT2D eigenvalue weighted by molar-refractivity contribution is -0.143. The van der Waals surface area contributed by atoms with Gasteiger partial charge in [-0.15, -0.1) is 0 Å². The molecule has 0 radical (unpaired) electrons. The molecule has 0 spiro atoms. The number of nitrogens with zero attached hydrogens (tertiary/aromatic N) is 2. The van der Waals surface area contributed by atoms with Crippen LogP contribution in [0.1, 0.15) is 111 Å². The highest BCUT2D eigenvalue weighted by Crippen LogP contribution is 2.21. The van der Waals surface area contributed by atoms with Crippen LogP contribution in [0, 0.1) is 5.92 Å². The Hall–Kier alpha value is -6.68. The molecule has 1 fully saturated rings. The maximum atomic E-state index is 14.4. The maximum Gasteiger partial charge on any atom is 0.326 e.